The minimum absolute atomic E-state index is 0.0773. The Morgan fingerprint density at radius 3 is 2.24 bits per heavy atom. The number of rotatable bonds is 2. The maximum absolute atomic E-state index is 13.1. The van der Waals surface area contributed by atoms with Gasteiger partial charge in [0, 0.05) is 6.07 Å². The number of hydrogen-bond acceptors (Lipinski definition) is 6. The Hall–Kier alpha value is -1.14. The molecule has 11 heteroatoms. The first-order valence-corrected chi connectivity index (χ1v) is 7.35. The molecule has 2 rings (SSSR count). The molecule has 1 aromatic heterocycles. The highest BCUT2D eigenvalue weighted by Crippen LogP contribution is 2.49. The summed E-state index contributed by atoms with van der Waals surface area (Å²) in [4.78, 5) is 10.1. The molecule has 2 aromatic rings. The molecule has 0 fully saturated rings. The van der Waals surface area contributed by atoms with Crippen molar-refractivity contribution in [3.63, 3.8) is 0 Å². The number of alkyl halides is 3. The minimum atomic E-state index is -4.76. The fraction of sp³-hybridized carbons (Fsp3) is 0.300. The van der Waals surface area contributed by atoms with Crippen LogP contribution < -0.4 is 4.65 Å². The second-order valence-electron chi connectivity index (χ2n) is 4.51. The number of quaternary nitrogens is 1. The van der Waals surface area contributed by atoms with Crippen molar-refractivity contribution in [2.45, 2.75) is 6.18 Å². The van der Waals surface area contributed by atoms with Crippen LogP contribution in [0.25, 0.3) is 9.40 Å². The first kappa shape index (κ1) is 16.2. The Labute approximate surface area is 129 Å². The van der Waals surface area contributed by atoms with Crippen molar-refractivity contribution in [1.29, 1.82) is 0 Å². The van der Waals surface area contributed by atoms with Crippen LogP contribution in [0.1, 0.15) is 5.56 Å². The zero-order valence-corrected chi connectivity index (χ0v) is 13.0. The van der Waals surface area contributed by atoms with Crippen LogP contribution in [-0.2, 0) is 6.18 Å². The van der Waals surface area contributed by atoms with E-state index in [9.17, 15) is 28.5 Å². The van der Waals surface area contributed by atoms with E-state index in [1.54, 1.807) is 0 Å². The molecule has 1 aromatic carbocycles. The van der Waals surface area contributed by atoms with Crippen molar-refractivity contribution in [2.75, 3.05) is 14.1 Å². The average Bonchev–Trinajstić information content (AvgIpc) is 2.63. The van der Waals surface area contributed by atoms with Gasteiger partial charge >= 0.3 is 11.9 Å². The normalized spacial score (nSPS) is 12.9. The smallest absolute Gasteiger partial charge is 0.418 e. The van der Waals surface area contributed by atoms with Gasteiger partial charge in [-0.25, -0.2) is 0 Å². The molecule has 0 bridgehead atoms. The maximum Gasteiger partial charge on any atom is 0.418 e. The van der Waals surface area contributed by atoms with Gasteiger partial charge in [-0.15, -0.1) is 22.7 Å². The first-order valence-electron chi connectivity index (χ1n) is 5.30. The third-order valence-corrected chi connectivity index (χ3v) is 5.29. The van der Waals surface area contributed by atoms with Gasteiger partial charge in [-0.2, -0.15) is 13.2 Å². The van der Waals surface area contributed by atoms with Gasteiger partial charge < -0.3 is 9.85 Å². The number of nitrogens with zero attached hydrogens (tertiary/aromatic N) is 2. The second-order valence-corrected chi connectivity index (χ2v) is 7.73. The van der Waals surface area contributed by atoms with Gasteiger partial charge in [0.25, 0.3) is 0 Å². The van der Waals surface area contributed by atoms with E-state index in [0.717, 1.165) is 25.4 Å². The topological polar surface area (TPSA) is 66.2 Å². The lowest BCUT2D eigenvalue weighted by atomic mass is 10.1. The summed E-state index contributed by atoms with van der Waals surface area (Å²) < 4.78 is 37.9. The van der Waals surface area contributed by atoms with Crippen LogP contribution in [0.3, 0.4) is 0 Å². The van der Waals surface area contributed by atoms with Crippen molar-refractivity contribution >= 4 is 55.7 Å². The van der Waals surface area contributed by atoms with Gasteiger partial charge in [0.2, 0.25) is 5.69 Å². The zero-order chi connectivity index (χ0) is 16.2. The monoisotopic (exact) mass is 356 g/mol. The quantitative estimate of drug-likeness (QED) is 0.339. The van der Waals surface area contributed by atoms with Gasteiger partial charge in [-0.3, -0.25) is 10.1 Å². The van der Waals surface area contributed by atoms with Crippen molar-refractivity contribution in [1.82, 2.24) is 4.65 Å². The Bertz CT molecular complexity index is 789. The Morgan fingerprint density at radius 2 is 1.81 bits per heavy atom. The van der Waals surface area contributed by atoms with E-state index in [2.05, 4.69) is 0 Å². The van der Waals surface area contributed by atoms with Crippen molar-refractivity contribution < 1.29 is 18.1 Å². The lowest BCUT2D eigenvalue weighted by Crippen LogP contribution is -2.33. The van der Waals surface area contributed by atoms with Crippen LogP contribution in [0.15, 0.2) is 6.07 Å². The predicted octanol–water partition coefficient (Wildman–Crippen LogP) is 4.68. The maximum atomic E-state index is 13.1. The largest absolute Gasteiger partial charge is 0.628 e. The van der Waals surface area contributed by atoms with E-state index >= 15 is 0 Å². The van der Waals surface area contributed by atoms with Gasteiger partial charge in [-0.05, 0) is 0 Å². The standard InChI is InChI=1S/C10H7F3N2O3S3/c1-15(2,18)6-5(14(16)17)3-4(10(11,12)13)7-8(6)21-9(19)20-7/h3H,1-2H3. The van der Waals surface area contributed by atoms with Gasteiger partial charge in [0.15, 0.2) is 0 Å². The van der Waals surface area contributed by atoms with E-state index in [1.165, 1.54) is 0 Å². The van der Waals surface area contributed by atoms with Gasteiger partial charge in [0.1, 0.15) is 7.84 Å². The van der Waals surface area contributed by atoms with Gasteiger partial charge in [0.05, 0.1) is 29.3 Å². The van der Waals surface area contributed by atoms with Crippen LogP contribution in [0, 0.1) is 18.5 Å². The Morgan fingerprint density at radius 1 is 1.29 bits per heavy atom. The summed E-state index contributed by atoms with van der Waals surface area (Å²) in [7, 11) is 2.23. The van der Waals surface area contributed by atoms with E-state index < -0.39 is 27.0 Å². The average molecular weight is 356 g/mol. The molecule has 0 aliphatic heterocycles. The van der Waals surface area contributed by atoms with Crippen molar-refractivity contribution in [3.8, 4) is 0 Å². The molecule has 0 saturated carbocycles. The molecule has 21 heavy (non-hydrogen) atoms. The molecular formula is C10H7F3N2O3S3. The molecule has 0 aliphatic carbocycles. The fourth-order valence-electron chi connectivity index (χ4n) is 1.87. The lowest BCUT2D eigenvalue weighted by Gasteiger charge is -2.32. The third-order valence-electron chi connectivity index (χ3n) is 2.60. The van der Waals surface area contributed by atoms with E-state index in [0.29, 0.717) is 17.4 Å². The highest BCUT2D eigenvalue weighted by Gasteiger charge is 2.40. The molecule has 0 spiro atoms. The molecule has 0 amide bonds. The van der Waals surface area contributed by atoms with Crippen LogP contribution in [-0.4, -0.2) is 19.0 Å². The number of nitro groups is 1. The molecule has 0 atom stereocenters. The number of benzene rings is 1. The summed E-state index contributed by atoms with van der Waals surface area (Å²) in [5.41, 5.74) is -2.31. The number of fused-ring (bicyclic) bond motifs is 1. The third kappa shape index (κ3) is 2.92. The summed E-state index contributed by atoms with van der Waals surface area (Å²) in [5.74, 6) is 0. The zero-order valence-electron chi connectivity index (χ0n) is 10.6. The summed E-state index contributed by atoms with van der Waals surface area (Å²) in [6.45, 7) is 0. The fourth-order valence-corrected chi connectivity index (χ4v) is 4.72. The van der Waals surface area contributed by atoms with E-state index in [-0.39, 0.29) is 18.2 Å². The molecule has 0 saturated heterocycles. The predicted molar refractivity (Wildman–Crippen MR) is 79.2 cm³/mol. The number of halogens is 3. The SMILES string of the molecule is C[N+](C)([O-])c1c([N+](=O)[O-])cc(C(F)(F)F)c2sc(=S)sc12. The van der Waals surface area contributed by atoms with Crippen LogP contribution in [0.4, 0.5) is 24.5 Å². The first-order chi connectivity index (χ1) is 9.43. The molecule has 0 N–H and O–H groups in total. The number of hydrogen-bond donors (Lipinski definition) is 0. The van der Waals surface area contributed by atoms with Crippen molar-refractivity contribution in [3.05, 3.63) is 30.1 Å². The summed E-state index contributed by atoms with van der Waals surface area (Å²) in [5, 5.41) is 23.2. The van der Waals surface area contributed by atoms with Crippen LogP contribution >= 0.6 is 34.9 Å². The van der Waals surface area contributed by atoms with Gasteiger partial charge in [-0.1, -0.05) is 12.2 Å². The summed E-state index contributed by atoms with van der Waals surface area (Å²) in [6.07, 6.45) is -4.76. The Kier molecular flexibility index (Phi) is 3.83. The molecule has 114 valence electrons. The molecular weight excluding hydrogens is 349 g/mol. The van der Waals surface area contributed by atoms with Crippen LogP contribution in [0.5, 0.6) is 0 Å². The Balaban J connectivity index is 3.07. The summed E-state index contributed by atoms with van der Waals surface area (Å²) in [6, 6.07) is 0.410. The molecule has 0 radical (unpaired) electrons. The van der Waals surface area contributed by atoms with E-state index in [1.807, 2.05) is 0 Å². The minimum Gasteiger partial charge on any atom is -0.628 e. The van der Waals surface area contributed by atoms with E-state index in [4.69, 9.17) is 12.2 Å². The number of hydroxylamine groups is 2. The molecule has 0 unspecified atom stereocenters. The number of nitro benzene ring substituents is 1. The lowest BCUT2D eigenvalue weighted by molar-refractivity contribution is -0.384. The molecule has 1 heterocycles. The molecule has 0 aliphatic rings. The highest BCUT2D eigenvalue weighted by molar-refractivity contribution is 7.77. The molecule has 5 nitrogen and oxygen atoms in total. The second kappa shape index (κ2) is 4.95. The van der Waals surface area contributed by atoms with Crippen LogP contribution in [0.2, 0.25) is 0 Å². The highest BCUT2D eigenvalue weighted by atomic mass is 32.2. The summed E-state index contributed by atoms with van der Waals surface area (Å²) >= 11 is 6.36. The van der Waals surface area contributed by atoms with Crippen molar-refractivity contribution in [2.24, 2.45) is 0 Å².